The number of nitrogens with two attached hydrogens (primary N) is 1. The molecule has 6 nitrogen and oxygen atoms in total. The lowest BCUT2D eigenvalue weighted by molar-refractivity contribution is 0.0995. The zero-order valence-electron chi connectivity index (χ0n) is 11.3. The summed E-state index contributed by atoms with van der Waals surface area (Å²) in [6.45, 7) is 1.48. The minimum Gasteiger partial charge on any atom is -0.373 e. The van der Waals surface area contributed by atoms with E-state index in [1.54, 1.807) is 6.20 Å². The van der Waals surface area contributed by atoms with E-state index < -0.39 is 5.91 Å². The number of hydrogen-bond donors (Lipinski definition) is 2. The highest BCUT2D eigenvalue weighted by Gasteiger charge is 2.04. The molecule has 2 rings (SSSR count). The summed E-state index contributed by atoms with van der Waals surface area (Å²) in [7, 11) is 2.02. The van der Waals surface area contributed by atoms with Crippen LogP contribution in [0.1, 0.15) is 10.5 Å². The second-order valence-electron chi connectivity index (χ2n) is 4.34. The fraction of sp³-hybridized carbons (Fsp3) is 0.214. The van der Waals surface area contributed by atoms with Crippen molar-refractivity contribution in [1.29, 1.82) is 0 Å². The van der Waals surface area contributed by atoms with E-state index in [4.69, 9.17) is 5.73 Å². The number of nitrogens with zero attached hydrogens (tertiary/aromatic N) is 3. The van der Waals surface area contributed by atoms with Crippen molar-refractivity contribution in [3.63, 3.8) is 0 Å². The van der Waals surface area contributed by atoms with Crippen LogP contribution in [0.15, 0.2) is 42.7 Å². The lowest BCUT2D eigenvalue weighted by Gasteiger charge is -2.19. The van der Waals surface area contributed by atoms with Crippen LogP contribution in [0.4, 0.5) is 11.5 Å². The number of benzene rings is 1. The Morgan fingerprint density at radius 2 is 2.05 bits per heavy atom. The summed E-state index contributed by atoms with van der Waals surface area (Å²) < 4.78 is 0. The number of aromatic nitrogens is 2. The summed E-state index contributed by atoms with van der Waals surface area (Å²) in [5.41, 5.74) is 6.46. The molecule has 0 spiro atoms. The highest BCUT2D eigenvalue weighted by molar-refractivity contribution is 5.90. The first-order valence-corrected chi connectivity index (χ1v) is 6.29. The summed E-state index contributed by atoms with van der Waals surface area (Å²) in [6.07, 6.45) is 2.92. The molecule has 0 aliphatic carbocycles. The van der Waals surface area contributed by atoms with Crippen LogP contribution in [0.5, 0.6) is 0 Å². The Morgan fingerprint density at radius 1 is 1.30 bits per heavy atom. The first kappa shape index (κ1) is 13.8. The number of nitrogens with one attached hydrogen (secondary N) is 1. The van der Waals surface area contributed by atoms with E-state index in [1.807, 2.05) is 37.4 Å². The molecule has 0 fully saturated rings. The Labute approximate surface area is 117 Å². The average molecular weight is 271 g/mol. The van der Waals surface area contributed by atoms with E-state index in [-0.39, 0.29) is 5.69 Å². The summed E-state index contributed by atoms with van der Waals surface area (Å²) in [5, 5.41) is 3.12. The van der Waals surface area contributed by atoms with Gasteiger partial charge in [-0.25, -0.2) is 4.98 Å². The van der Waals surface area contributed by atoms with E-state index in [0.717, 1.165) is 12.2 Å². The van der Waals surface area contributed by atoms with Gasteiger partial charge >= 0.3 is 0 Å². The van der Waals surface area contributed by atoms with Gasteiger partial charge in [-0.2, -0.15) is 0 Å². The van der Waals surface area contributed by atoms with Crippen molar-refractivity contribution in [3.8, 4) is 0 Å². The molecule has 0 atom stereocenters. The average Bonchev–Trinajstić information content (AvgIpc) is 2.48. The molecule has 0 aliphatic rings. The van der Waals surface area contributed by atoms with Crippen molar-refractivity contribution in [2.75, 3.05) is 30.4 Å². The molecule has 0 radical (unpaired) electrons. The van der Waals surface area contributed by atoms with Gasteiger partial charge in [-0.15, -0.1) is 0 Å². The number of amides is 1. The molecular formula is C14H17N5O. The summed E-state index contributed by atoms with van der Waals surface area (Å²) >= 11 is 0. The Hall–Kier alpha value is -2.63. The molecule has 3 N–H and O–H groups in total. The van der Waals surface area contributed by atoms with Crippen LogP contribution in [-0.2, 0) is 0 Å². The molecule has 1 aromatic carbocycles. The van der Waals surface area contributed by atoms with Crippen molar-refractivity contribution < 1.29 is 4.79 Å². The van der Waals surface area contributed by atoms with E-state index >= 15 is 0 Å². The molecule has 104 valence electrons. The molecular weight excluding hydrogens is 254 g/mol. The number of hydrogen-bond acceptors (Lipinski definition) is 5. The van der Waals surface area contributed by atoms with E-state index in [2.05, 4.69) is 20.2 Å². The van der Waals surface area contributed by atoms with Crippen LogP contribution >= 0.6 is 0 Å². The number of rotatable bonds is 6. The summed E-state index contributed by atoms with van der Waals surface area (Å²) in [5.74, 6) is -0.0367. The first-order chi connectivity index (χ1) is 9.66. The molecule has 0 saturated carbocycles. The Bertz CT molecular complexity index is 573. The topological polar surface area (TPSA) is 84.1 Å². The third-order valence-corrected chi connectivity index (χ3v) is 2.84. The molecule has 0 bridgehead atoms. The smallest absolute Gasteiger partial charge is 0.268 e. The standard InChI is InChI=1S/C14H17N5O/c1-19(11-5-3-2-4-6-11)8-7-17-13-10-16-9-12(18-13)14(15)20/h2-6,9-10H,7-8H2,1H3,(H2,15,20)(H,17,18). The molecule has 0 aliphatic heterocycles. The maximum Gasteiger partial charge on any atom is 0.268 e. The van der Waals surface area contributed by atoms with E-state index in [1.165, 1.54) is 6.20 Å². The predicted octanol–water partition coefficient (Wildman–Crippen LogP) is 1.12. The van der Waals surface area contributed by atoms with Crippen LogP contribution in [0, 0.1) is 0 Å². The molecule has 2 aromatic rings. The number of primary amides is 1. The third-order valence-electron chi connectivity index (χ3n) is 2.84. The maximum absolute atomic E-state index is 11.0. The molecule has 1 aromatic heterocycles. The Kier molecular flexibility index (Phi) is 4.49. The quantitative estimate of drug-likeness (QED) is 0.822. The van der Waals surface area contributed by atoms with Crippen molar-refractivity contribution >= 4 is 17.4 Å². The van der Waals surface area contributed by atoms with Crippen molar-refractivity contribution in [1.82, 2.24) is 9.97 Å². The highest BCUT2D eigenvalue weighted by atomic mass is 16.1. The molecule has 1 amide bonds. The number of carbonyl (C=O) groups excluding carboxylic acids is 1. The van der Waals surface area contributed by atoms with Crippen LogP contribution in [0.25, 0.3) is 0 Å². The van der Waals surface area contributed by atoms with Crippen molar-refractivity contribution in [3.05, 3.63) is 48.4 Å². The Morgan fingerprint density at radius 3 is 2.75 bits per heavy atom. The largest absolute Gasteiger partial charge is 0.373 e. The third kappa shape index (κ3) is 3.68. The number of anilines is 2. The van der Waals surface area contributed by atoms with E-state index in [9.17, 15) is 4.79 Å². The summed E-state index contributed by atoms with van der Waals surface area (Å²) in [4.78, 5) is 21.1. The molecule has 0 unspecified atom stereocenters. The van der Waals surface area contributed by atoms with Crippen molar-refractivity contribution in [2.45, 2.75) is 0 Å². The van der Waals surface area contributed by atoms with E-state index in [0.29, 0.717) is 12.4 Å². The van der Waals surface area contributed by atoms with Gasteiger partial charge in [0.15, 0.2) is 0 Å². The van der Waals surface area contributed by atoms with Gasteiger partial charge in [0.1, 0.15) is 11.5 Å². The van der Waals surface area contributed by atoms with Gasteiger partial charge in [-0.3, -0.25) is 9.78 Å². The zero-order valence-corrected chi connectivity index (χ0v) is 11.3. The van der Waals surface area contributed by atoms with Crippen LogP contribution in [0.2, 0.25) is 0 Å². The lowest BCUT2D eigenvalue weighted by atomic mass is 10.3. The van der Waals surface area contributed by atoms with Crippen LogP contribution in [0.3, 0.4) is 0 Å². The monoisotopic (exact) mass is 271 g/mol. The van der Waals surface area contributed by atoms with Gasteiger partial charge in [0.25, 0.3) is 5.91 Å². The minimum atomic E-state index is -0.581. The van der Waals surface area contributed by atoms with Gasteiger partial charge in [-0.05, 0) is 12.1 Å². The fourth-order valence-electron chi connectivity index (χ4n) is 1.73. The van der Waals surface area contributed by atoms with Gasteiger partial charge < -0.3 is 16.0 Å². The zero-order chi connectivity index (χ0) is 14.4. The van der Waals surface area contributed by atoms with Gasteiger partial charge in [0, 0.05) is 25.8 Å². The van der Waals surface area contributed by atoms with Crippen LogP contribution < -0.4 is 16.0 Å². The number of likely N-dealkylation sites (N-methyl/N-ethyl adjacent to an activating group) is 1. The maximum atomic E-state index is 11.0. The molecule has 1 heterocycles. The van der Waals surface area contributed by atoms with Crippen molar-refractivity contribution in [2.24, 2.45) is 5.73 Å². The number of carbonyl (C=O) groups is 1. The normalized spacial score (nSPS) is 10.1. The fourth-order valence-corrected chi connectivity index (χ4v) is 1.73. The van der Waals surface area contributed by atoms with Crippen LogP contribution in [-0.4, -0.2) is 36.0 Å². The highest BCUT2D eigenvalue weighted by Crippen LogP contribution is 2.10. The van der Waals surface area contributed by atoms with Gasteiger partial charge in [0.2, 0.25) is 0 Å². The number of para-hydroxylation sites is 1. The molecule has 6 heteroatoms. The minimum absolute atomic E-state index is 0.159. The second kappa shape index (κ2) is 6.51. The predicted molar refractivity (Wildman–Crippen MR) is 78.8 cm³/mol. The Balaban J connectivity index is 1.87. The van der Waals surface area contributed by atoms with Gasteiger partial charge in [-0.1, -0.05) is 18.2 Å². The van der Waals surface area contributed by atoms with Gasteiger partial charge in [0.05, 0.1) is 12.4 Å². The summed E-state index contributed by atoms with van der Waals surface area (Å²) in [6, 6.07) is 10.1. The second-order valence-corrected chi connectivity index (χ2v) is 4.34. The SMILES string of the molecule is CN(CCNc1cncc(C(N)=O)n1)c1ccccc1. The molecule has 0 saturated heterocycles. The molecule has 20 heavy (non-hydrogen) atoms. The lowest BCUT2D eigenvalue weighted by Crippen LogP contribution is -2.25. The first-order valence-electron chi connectivity index (χ1n) is 6.29.